The Labute approximate surface area is 145 Å². The van der Waals surface area contributed by atoms with Gasteiger partial charge in [0.25, 0.3) is 0 Å². The van der Waals surface area contributed by atoms with Gasteiger partial charge in [-0.2, -0.15) is 10.2 Å². The maximum Gasteiger partial charge on any atom is 0.241 e. The summed E-state index contributed by atoms with van der Waals surface area (Å²) in [6, 6.07) is 2.00. The zero-order valence-electron chi connectivity index (χ0n) is 14.2. The number of rotatable bonds is 6. The number of likely N-dealkylation sites (tertiary alicyclic amines) is 1. The molecule has 2 amide bonds. The lowest BCUT2D eigenvalue weighted by molar-refractivity contribution is -0.121. The molecule has 0 bridgehead atoms. The smallest absolute Gasteiger partial charge is 0.241 e. The van der Waals surface area contributed by atoms with E-state index in [9.17, 15) is 9.59 Å². The molecule has 1 fully saturated rings. The Morgan fingerprint density at radius 3 is 3.00 bits per heavy atom. The highest BCUT2D eigenvalue weighted by atomic mass is 16.2. The summed E-state index contributed by atoms with van der Waals surface area (Å²) in [4.78, 5) is 25.8. The fraction of sp³-hybridized carbons (Fsp3) is 0.500. The molecule has 0 unspecified atom stereocenters. The number of aromatic amines is 1. The van der Waals surface area contributed by atoms with Gasteiger partial charge >= 0.3 is 0 Å². The molecule has 3 N–H and O–H groups in total. The van der Waals surface area contributed by atoms with Crippen LogP contribution in [-0.4, -0.2) is 63.4 Å². The predicted molar refractivity (Wildman–Crippen MR) is 91.9 cm³/mol. The van der Waals surface area contributed by atoms with Gasteiger partial charge in [0.2, 0.25) is 11.8 Å². The molecule has 25 heavy (non-hydrogen) atoms. The summed E-state index contributed by atoms with van der Waals surface area (Å²) in [5.74, 6) is 0.170. The number of aromatic nitrogens is 4. The van der Waals surface area contributed by atoms with E-state index in [1.54, 1.807) is 25.6 Å². The van der Waals surface area contributed by atoms with Crippen LogP contribution in [0.25, 0.3) is 0 Å². The van der Waals surface area contributed by atoms with Crippen LogP contribution in [0.2, 0.25) is 0 Å². The van der Waals surface area contributed by atoms with E-state index in [2.05, 4.69) is 30.8 Å². The van der Waals surface area contributed by atoms with Crippen molar-refractivity contribution in [1.29, 1.82) is 0 Å². The molecule has 0 aliphatic carbocycles. The van der Waals surface area contributed by atoms with Crippen LogP contribution in [0.1, 0.15) is 24.5 Å². The summed E-state index contributed by atoms with van der Waals surface area (Å²) in [5.41, 5.74) is 1.72. The van der Waals surface area contributed by atoms with Crippen molar-refractivity contribution in [2.24, 2.45) is 0 Å². The van der Waals surface area contributed by atoms with E-state index in [0.717, 1.165) is 31.6 Å². The highest BCUT2D eigenvalue weighted by molar-refractivity contribution is 5.92. The lowest BCUT2D eigenvalue weighted by Gasteiger charge is -2.31. The highest BCUT2D eigenvalue weighted by Gasteiger charge is 2.23. The lowest BCUT2D eigenvalue weighted by atomic mass is 9.95. The number of nitrogens with one attached hydrogen (secondary N) is 3. The van der Waals surface area contributed by atoms with Gasteiger partial charge in [-0.15, -0.1) is 0 Å². The quantitative estimate of drug-likeness (QED) is 0.692. The van der Waals surface area contributed by atoms with Crippen molar-refractivity contribution in [3.05, 3.63) is 30.4 Å². The topological polar surface area (TPSA) is 108 Å². The predicted octanol–water partition coefficient (Wildman–Crippen LogP) is 0.170. The first-order valence-electron chi connectivity index (χ1n) is 8.38. The van der Waals surface area contributed by atoms with Crippen molar-refractivity contribution in [3.63, 3.8) is 0 Å². The number of H-pyrrole nitrogens is 1. The maximum atomic E-state index is 12.3. The molecule has 134 valence electrons. The fourth-order valence-electron chi connectivity index (χ4n) is 3.09. The van der Waals surface area contributed by atoms with Crippen LogP contribution in [0.5, 0.6) is 0 Å². The van der Waals surface area contributed by atoms with Crippen molar-refractivity contribution in [2.45, 2.75) is 25.3 Å². The number of piperidine rings is 1. The minimum absolute atomic E-state index is 0.0789. The Morgan fingerprint density at radius 2 is 2.24 bits per heavy atom. The normalized spacial score (nSPS) is 18.0. The van der Waals surface area contributed by atoms with Gasteiger partial charge < -0.3 is 10.6 Å². The number of amides is 2. The minimum atomic E-state index is -0.140. The van der Waals surface area contributed by atoms with Gasteiger partial charge in [0.1, 0.15) is 6.54 Å². The second kappa shape index (κ2) is 7.93. The molecule has 0 radical (unpaired) electrons. The molecule has 2 aromatic heterocycles. The van der Waals surface area contributed by atoms with Crippen molar-refractivity contribution in [2.75, 3.05) is 32.0 Å². The molecular formula is C16H23N7O2. The van der Waals surface area contributed by atoms with Crippen LogP contribution in [0, 0.1) is 0 Å². The van der Waals surface area contributed by atoms with Crippen LogP contribution in [0.4, 0.5) is 5.69 Å². The number of anilines is 1. The number of likely N-dealkylation sites (N-methyl/N-ethyl adjacent to an activating group) is 1. The van der Waals surface area contributed by atoms with E-state index in [4.69, 9.17) is 0 Å². The van der Waals surface area contributed by atoms with Crippen molar-refractivity contribution < 1.29 is 9.59 Å². The second-order valence-corrected chi connectivity index (χ2v) is 6.23. The van der Waals surface area contributed by atoms with Gasteiger partial charge in [-0.05, 0) is 25.5 Å². The monoisotopic (exact) mass is 345 g/mol. The zero-order valence-corrected chi connectivity index (χ0v) is 14.2. The molecule has 2 aromatic rings. The Balaban J connectivity index is 1.49. The molecule has 0 spiro atoms. The van der Waals surface area contributed by atoms with Crippen LogP contribution < -0.4 is 10.6 Å². The molecule has 3 rings (SSSR count). The largest absolute Gasteiger partial charge is 0.358 e. The molecule has 0 aromatic carbocycles. The van der Waals surface area contributed by atoms with Gasteiger partial charge in [0.15, 0.2) is 0 Å². The summed E-state index contributed by atoms with van der Waals surface area (Å²) in [7, 11) is 1.57. The number of carbonyl (C=O) groups is 2. The van der Waals surface area contributed by atoms with Gasteiger partial charge in [-0.3, -0.25) is 24.3 Å². The van der Waals surface area contributed by atoms with Gasteiger partial charge in [0, 0.05) is 37.6 Å². The van der Waals surface area contributed by atoms with Crippen molar-refractivity contribution in [3.8, 4) is 0 Å². The maximum absolute atomic E-state index is 12.3. The second-order valence-electron chi connectivity index (χ2n) is 6.23. The summed E-state index contributed by atoms with van der Waals surface area (Å²) in [6.07, 6.45) is 7.12. The summed E-state index contributed by atoms with van der Waals surface area (Å²) in [5, 5.41) is 16.5. The van der Waals surface area contributed by atoms with Crippen molar-refractivity contribution >= 4 is 17.5 Å². The molecule has 9 nitrogen and oxygen atoms in total. The SMILES string of the molecule is CNC(=O)Cn1cc(NC(=O)CN2CCC[C@H](c3ccn[nH]3)C2)cn1. The molecule has 9 heteroatoms. The summed E-state index contributed by atoms with van der Waals surface area (Å²) >= 11 is 0. The van der Waals surface area contributed by atoms with E-state index in [1.807, 2.05) is 6.07 Å². The average molecular weight is 345 g/mol. The molecule has 1 saturated heterocycles. The molecule has 0 saturated carbocycles. The minimum Gasteiger partial charge on any atom is -0.358 e. The Bertz CT molecular complexity index is 710. The standard InChI is InChI=1S/C16H23N7O2/c1-17-15(24)11-23-9-13(7-19-23)20-16(25)10-22-6-2-3-12(8-22)14-4-5-18-21-14/h4-5,7,9,12H,2-3,6,8,10-11H2,1H3,(H,17,24)(H,18,21)(H,20,25)/t12-/m0/s1. The molecule has 1 aliphatic heterocycles. The van der Waals surface area contributed by atoms with E-state index >= 15 is 0 Å². The van der Waals surface area contributed by atoms with Gasteiger partial charge in [-0.25, -0.2) is 0 Å². The molecule has 1 aliphatic rings. The first-order valence-corrected chi connectivity index (χ1v) is 8.38. The van der Waals surface area contributed by atoms with E-state index in [1.165, 1.54) is 4.68 Å². The Hall–Kier alpha value is -2.68. The van der Waals surface area contributed by atoms with Crippen molar-refractivity contribution in [1.82, 2.24) is 30.2 Å². The Kier molecular flexibility index (Phi) is 5.44. The van der Waals surface area contributed by atoms with E-state index in [-0.39, 0.29) is 18.4 Å². The third-order valence-corrected chi connectivity index (χ3v) is 4.34. The first-order chi connectivity index (χ1) is 12.1. The van der Waals surface area contributed by atoms with E-state index < -0.39 is 0 Å². The average Bonchev–Trinajstić information content (AvgIpc) is 3.27. The number of nitrogens with zero attached hydrogens (tertiary/aromatic N) is 4. The number of carbonyl (C=O) groups excluding carboxylic acids is 2. The van der Waals surface area contributed by atoms with Crippen LogP contribution in [0.3, 0.4) is 0 Å². The highest BCUT2D eigenvalue weighted by Crippen LogP contribution is 2.24. The van der Waals surface area contributed by atoms with Crippen LogP contribution in [0.15, 0.2) is 24.7 Å². The molecular weight excluding hydrogens is 322 g/mol. The van der Waals surface area contributed by atoms with Crippen LogP contribution >= 0.6 is 0 Å². The third kappa shape index (κ3) is 4.66. The van der Waals surface area contributed by atoms with Gasteiger partial charge in [0.05, 0.1) is 18.4 Å². The molecule has 3 heterocycles. The number of hydrogen-bond donors (Lipinski definition) is 3. The number of hydrogen-bond acceptors (Lipinski definition) is 5. The lowest BCUT2D eigenvalue weighted by Crippen LogP contribution is -2.39. The fourth-order valence-corrected chi connectivity index (χ4v) is 3.09. The first kappa shape index (κ1) is 17.2. The van der Waals surface area contributed by atoms with Gasteiger partial charge in [-0.1, -0.05) is 0 Å². The zero-order chi connectivity index (χ0) is 17.6. The third-order valence-electron chi connectivity index (χ3n) is 4.34. The van der Waals surface area contributed by atoms with Crippen LogP contribution in [-0.2, 0) is 16.1 Å². The summed E-state index contributed by atoms with van der Waals surface area (Å²) < 4.78 is 1.49. The summed E-state index contributed by atoms with van der Waals surface area (Å²) in [6.45, 7) is 2.22. The van der Waals surface area contributed by atoms with E-state index in [0.29, 0.717) is 18.2 Å². The molecule has 1 atom stereocenters. The Morgan fingerprint density at radius 1 is 1.36 bits per heavy atom.